The van der Waals surface area contributed by atoms with Crippen LogP contribution in [0, 0.1) is 0 Å². The molecule has 1 rings (SSSR count). The maximum Gasteiger partial charge on any atom is 0.151 e. The predicted octanol–water partition coefficient (Wildman–Crippen LogP) is 2.13. The fourth-order valence-electron chi connectivity index (χ4n) is 1.51. The number of carbonyl (C=O) groups is 1. The van der Waals surface area contributed by atoms with Gasteiger partial charge in [-0.2, -0.15) is 0 Å². The van der Waals surface area contributed by atoms with Crippen LogP contribution in [0.1, 0.15) is 5.56 Å². The van der Waals surface area contributed by atoms with Crippen LogP contribution in [0.15, 0.2) is 22.7 Å². The number of carbonyl (C=O) groups excluding carboxylic acids is 1. The number of ether oxygens (including phenoxy) is 1. The summed E-state index contributed by atoms with van der Waals surface area (Å²) in [5, 5.41) is 0. The van der Waals surface area contributed by atoms with Crippen molar-refractivity contribution in [2.24, 2.45) is 0 Å². The van der Waals surface area contributed by atoms with Crippen LogP contribution in [0.3, 0.4) is 0 Å². The molecule has 1 aromatic carbocycles. The van der Waals surface area contributed by atoms with Crippen molar-refractivity contribution in [3.8, 4) is 5.75 Å². The molecule has 0 aromatic heterocycles. The molecule has 88 valence electrons. The number of nitrogens with zero attached hydrogens (tertiary/aromatic N) is 1. The van der Waals surface area contributed by atoms with E-state index in [0.717, 1.165) is 15.8 Å². The van der Waals surface area contributed by atoms with E-state index in [9.17, 15) is 4.79 Å². The van der Waals surface area contributed by atoms with Gasteiger partial charge in [0.05, 0.1) is 13.7 Å². The standard InChI is InChI=1S/C12H16BrNO2/c1-14(2)8-11(15)7-9-6-10(13)4-5-12(9)16-3/h4-6H,7-8H2,1-3H3. The lowest BCUT2D eigenvalue weighted by Crippen LogP contribution is -2.23. The Morgan fingerprint density at radius 2 is 2.12 bits per heavy atom. The zero-order valence-electron chi connectivity index (χ0n) is 9.79. The molecule has 0 atom stereocenters. The van der Waals surface area contributed by atoms with Gasteiger partial charge in [-0.3, -0.25) is 4.79 Å². The van der Waals surface area contributed by atoms with E-state index in [2.05, 4.69) is 15.9 Å². The van der Waals surface area contributed by atoms with Gasteiger partial charge in [0.1, 0.15) is 5.75 Å². The van der Waals surface area contributed by atoms with Crippen LogP contribution in [-0.4, -0.2) is 38.4 Å². The van der Waals surface area contributed by atoms with E-state index in [0.29, 0.717) is 13.0 Å². The summed E-state index contributed by atoms with van der Waals surface area (Å²) >= 11 is 3.39. The number of likely N-dealkylation sites (N-methyl/N-ethyl adjacent to an activating group) is 1. The maximum atomic E-state index is 11.7. The minimum absolute atomic E-state index is 0.182. The van der Waals surface area contributed by atoms with Crippen molar-refractivity contribution in [1.29, 1.82) is 0 Å². The average molecular weight is 286 g/mol. The highest BCUT2D eigenvalue weighted by Gasteiger charge is 2.10. The second kappa shape index (κ2) is 6.01. The van der Waals surface area contributed by atoms with Crippen molar-refractivity contribution in [2.45, 2.75) is 6.42 Å². The van der Waals surface area contributed by atoms with Gasteiger partial charge in [0, 0.05) is 16.5 Å². The predicted molar refractivity (Wildman–Crippen MR) is 68.0 cm³/mol. The second-order valence-electron chi connectivity index (χ2n) is 3.91. The van der Waals surface area contributed by atoms with E-state index in [1.165, 1.54) is 0 Å². The SMILES string of the molecule is COc1ccc(Br)cc1CC(=O)CN(C)C. The van der Waals surface area contributed by atoms with Crippen LogP contribution in [0.5, 0.6) is 5.75 Å². The first-order valence-corrected chi connectivity index (χ1v) is 5.81. The molecule has 0 aliphatic heterocycles. The summed E-state index contributed by atoms with van der Waals surface area (Å²) in [4.78, 5) is 13.6. The van der Waals surface area contributed by atoms with Crippen LogP contribution < -0.4 is 4.74 Å². The third-order valence-corrected chi connectivity index (χ3v) is 2.62. The molecule has 0 bridgehead atoms. The molecule has 0 fully saturated rings. The molecule has 0 aliphatic rings. The van der Waals surface area contributed by atoms with Crippen molar-refractivity contribution in [1.82, 2.24) is 4.90 Å². The highest BCUT2D eigenvalue weighted by Crippen LogP contribution is 2.23. The number of hydrogen-bond donors (Lipinski definition) is 0. The van der Waals surface area contributed by atoms with Crippen LogP contribution in [0.4, 0.5) is 0 Å². The second-order valence-corrected chi connectivity index (χ2v) is 4.83. The summed E-state index contributed by atoms with van der Waals surface area (Å²) in [5.74, 6) is 0.941. The molecule has 0 N–H and O–H groups in total. The number of benzene rings is 1. The number of rotatable bonds is 5. The van der Waals surface area contributed by atoms with Gasteiger partial charge in [-0.15, -0.1) is 0 Å². The van der Waals surface area contributed by atoms with Crippen LogP contribution in [0.2, 0.25) is 0 Å². The quantitative estimate of drug-likeness (QED) is 0.830. The lowest BCUT2D eigenvalue weighted by atomic mass is 10.1. The summed E-state index contributed by atoms with van der Waals surface area (Å²) in [6.45, 7) is 0.454. The Morgan fingerprint density at radius 1 is 1.44 bits per heavy atom. The van der Waals surface area contributed by atoms with Gasteiger partial charge >= 0.3 is 0 Å². The van der Waals surface area contributed by atoms with E-state index in [1.807, 2.05) is 37.2 Å². The fourth-order valence-corrected chi connectivity index (χ4v) is 1.91. The van der Waals surface area contributed by atoms with Crippen molar-refractivity contribution >= 4 is 21.7 Å². The van der Waals surface area contributed by atoms with E-state index in [-0.39, 0.29) is 5.78 Å². The molecule has 16 heavy (non-hydrogen) atoms. The summed E-state index contributed by atoms with van der Waals surface area (Å²) in [5.41, 5.74) is 0.920. The highest BCUT2D eigenvalue weighted by molar-refractivity contribution is 9.10. The minimum Gasteiger partial charge on any atom is -0.496 e. The molecular weight excluding hydrogens is 270 g/mol. The Morgan fingerprint density at radius 3 is 2.69 bits per heavy atom. The number of halogens is 1. The lowest BCUT2D eigenvalue weighted by Gasteiger charge is -2.11. The molecular formula is C12H16BrNO2. The third-order valence-electron chi connectivity index (χ3n) is 2.12. The molecule has 4 heteroatoms. The summed E-state index contributed by atoms with van der Waals surface area (Å²) in [6.07, 6.45) is 0.404. The number of hydrogen-bond acceptors (Lipinski definition) is 3. The molecule has 1 aromatic rings. The van der Waals surface area contributed by atoms with Crippen LogP contribution in [-0.2, 0) is 11.2 Å². The van der Waals surface area contributed by atoms with Crippen molar-refractivity contribution < 1.29 is 9.53 Å². The Balaban J connectivity index is 2.79. The average Bonchev–Trinajstić information content (AvgIpc) is 2.16. The van der Waals surface area contributed by atoms with Gasteiger partial charge in [-0.25, -0.2) is 0 Å². The van der Waals surface area contributed by atoms with Gasteiger partial charge < -0.3 is 9.64 Å². The number of ketones is 1. The topological polar surface area (TPSA) is 29.5 Å². The largest absolute Gasteiger partial charge is 0.496 e. The Hall–Kier alpha value is -0.870. The normalized spacial score (nSPS) is 10.6. The summed E-state index contributed by atoms with van der Waals surface area (Å²) in [6, 6.07) is 5.69. The Labute approximate surface area is 105 Å². The Bertz CT molecular complexity index is 377. The molecule has 0 aliphatic carbocycles. The monoisotopic (exact) mass is 285 g/mol. The van der Waals surface area contributed by atoms with E-state index >= 15 is 0 Å². The van der Waals surface area contributed by atoms with Crippen molar-refractivity contribution in [3.05, 3.63) is 28.2 Å². The molecule has 0 unspecified atom stereocenters. The maximum absolute atomic E-state index is 11.7. The van der Waals surface area contributed by atoms with E-state index in [1.54, 1.807) is 7.11 Å². The highest BCUT2D eigenvalue weighted by atomic mass is 79.9. The van der Waals surface area contributed by atoms with Gasteiger partial charge in [-0.1, -0.05) is 15.9 Å². The van der Waals surface area contributed by atoms with Crippen molar-refractivity contribution in [3.63, 3.8) is 0 Å². The van der Waals surface area contributed by atoms with E-state index in [4.69, 9.17) is 4.74 Å². The first-order valence-electron chi connectivity index (χ1n) is 5.01. The van der Waals surface area contributed by atoms with Crippen LogP contribution >= 0.6 is 15.9 Å². The fraction of sp³-hybridized carbons (Fsp3) is 0.417. The third kappa shape index (κ3) is 3.94. The minimum atomic E-state index is 0.182. The summed E-state index contributed by atoms with van der Waals surface area (Å²) < 4.78 is 6.18. The first-order chi connectivity index (χ1) is 7.52. The van der Waals surface area contributed by atoms with Gasteiger partial charge in [0.2, 0.25) is 0 Å². The smallest absolute Gasteiger partial charge is 0.151 e. The van der Waals surface area contributed by atoms with Gasteiger partial charge in [-0.05, 0) is 32.3 Å². The first kappa shape index (κ1) is 13.2. The molecule has 0 saturated carbocycles. The Kier molecular flexibility index (Phi) is 4.96. The van der Waals surface area contributed by atoms with Crippen LogP contribution in [0.25, 0.3) is 0 Å². The van der Waals surface area contributed by atoms with Gasteiger partial charge in [0.25, 0.3) is 0 Å². The molecule has 0 saturated heterocycles. The molecule has 0 amide bonds. The molecule has 0 spiro atoms. The van der Waals surface area contributed by atoms with E-state index < -0.39 is 0 Å². The summed E-state index contributed by atoms with van der Waals surface area (Å²) in [7, 11) is 5.38. The number of Topliss-reactive ketones (excluding diaryl/α,β-unsaturated/α-hetero) is 1. The molecule has 3 nitrogen and oxygen atoms in total. The lowest BCUT2D eigenvalue weighted by molar-refractivity contribution is -0.119. The molecule has 0 heterocycles. The zero-order valence-corrected chi connectivity index (χ0v) is 11.4. The zero-order chi connectivity index (χ0) is 12.1. The molecule has 0 radical (unpaired) electrons. The number of methoxy groups -OCH3 is 1. The van der Waals surface area contributed by atoms with Gasteiger partial charge in [0.15, 0.2) is 5.78 Å². The van der Waals surface area contributed by atoms with Crippen molar-refractivity contribution in [2.75, 3.05) is 27.7 Å².